The molecule has 0 atom stereocenters. The minimum Gasteiger partial charge on any atom is -0.151 e. The fraction of sp³-hybridized carbons (Fsp3) is 0. The molecule has 3 rings (SSSR count). The van der Waals surface area contributed by atoms with Gasteiger partial charge in [-0.25, -0.2) is 0 Å². The molecule has 0 bridgehead atoms. The summed E-state index contributed by atoms with van der Waals surface area (Å²) in [6, 6.07) is 10.6. The van der Waals surface area contributed by atoms with Crippen LogP contribution in [0.15, 0.2) is 74.3 Å². The summed E-state index contributed by atoms with van der Waals surface area (Å²) >= 11 is 14.5. The molecule has 6 heteroatoms. The number of hydrogen-bond acceptors (Lipinski definition) is 4. The maximum atomic E-state index is 3.68. The summed E-state index contributed by atoms with van der Waals surface area (Å²) in [7, 11) is 0. The Morgan fingerprint density at radius 3 is 2.20 bits per heavy atom. The first-order valence-electron chi connectivity index (χ1n) is 5.63. The third-order valence-electron chi connectivity index (χ3n) is 2.43. The molecule has 102 valence electrons. The minimum atomic E-state index is 1.14. The maximum Gasteiger partial charge on any atom is 0.0647 e. The van der Waals surface area contributed by atoms with E-state index in [-0.39, 0.29) is 0 Å². The molecule has 2 heterocycles. The standard InChI is InChI=1S/C14H8Br2S4/c15-10-3-4-11(16)14(20-12-2-1-6-18-12)13(10)19-9-5-7-17-8-9/h1-8H. The molecule has 0 aliphatic rings. The number of hydrogen-bond donors (Lipinski definition) is 0. The highest BCUT2D eigenvalue weighted by molar-refractivity contribution is 9.11. The molecule has 20 heavy (non-hydrogen) atoms. The van der Waals surface area contributed by atoms with Gasteiger partial charge < -0.3 is 0 Å². The third kappa shape index (κ3) is 3.54. The lowest BCUT2D eigenvalue weighted by Gasteiger charge is -2.11. The van der Waals surface area contributed by atoms with Crippen LogP contribution in [0.1, 0.15) is 0 Å². The number of rotatable bonds is 4. The van der Waals surface area contributed by atoms with E-state index in [2.05, 4.69) is 78.3 Å². The zero-order valence-electron chi connectivity index (χ0n) is 10.0. The Bertz CT molecular complexity index is 629. The molecule has 0 nitrogen and oxygen atoms in total. The summed E-state index contributed by atoms with van der Waals surface area (Å²) in [5.74, 6) is 0. The number of halogens is 2. The van der Waals surface area contributed by atoms with Crippen LogP contribution in [0, 0.1) is 0 Å². The van der Waals surface area contributed by atoms with E-state index in [9.17, 15) is 0 Å². The molecule has 0 aliphatic carbocycles. The van der Waals surface area contributed by atoms with Crippen LogP contribution in [-0.2, 0) is 0 Å². The van der Waals surface area contributed by atoms with Gasteiger partial charge in [0.05, 0.1) is 4.21 Å². The van der Waals surface area contributed by atoms with E-state index < -0.39 is 0 Å². The van der Waals surface area contributed by atoms with Gasteiger partial charge in [0.1, 0.15) is 0 Å². The van der Waals surface area contributed by atoms with Gasteiger partial charge in [0.2, 0.25) is 0 Å². The Hall–Kier alpha value is 0.280. The lowest BCUT2D eigenvalue weighted by Crippen LogP contribution is -1.83. The van der Waals surface area contributed by atoms with Gasteiger partial charge in [-0.3, -0.25) is 0 Å². The van der Waals surface area contributed by atoms with Crippen LogP contribution in [0.5, 0.6) is 0 Å². The van der Waals surface area contributed by atoms with Crippen molar-refractivity contribution in [1.29, 1.82) is 0 Å². The number of benzene rings is 1. The number of thiophene rings is 2. The SMILES string of the molecule is Brc1ccc(Br)c(Sc2cccs2)c1Sc1ccsc1. The highest BCUT2D eigenvalue weighted by Gasteiger charge is 2.14. The van der Waals surface area contributed by atoms with Crippen LogP contribution in [0.4, 0.5) is 0 Å². The minimum absolute atomic E-state index is 1.14. The largest absolute Gasteiger partial charge is 0.151 e. The van der Waals surface area contributed by atoms with Gasteiger partial charge in [0, 0.05) is 29.0 Å². The van der Waals surface area contributed by atoms with E-state index in [1.807, 2.05) is 11.8 Å². The van der Waals surface area contributed by atoms with Gasteiger partial charge in [-0.2, -0.15) is 11.3 Å². The van der Waals surface area contributed by atoms with Gasteiger partial charge in [0.15, 0.2) is 0 Å². The zero-order chi connectivity index (χ0) is 13.9. The maximum absolute atomic E-state index is 3.68. The van der Waals surface area contributed by atoms with Crippen molar-refractivity contribution in [2.24, 2.45) is 0 Å². The van der Waals surface area contributed by atoms with E-state index in [4.69, 9.17) is 0 Å². The average molecular weight is 464 g/mol. The molecule has 0 spiro atoms. The van der Waals surface area contributed by atoms with Gasteiger partial charge in [-0.15, -0.1) is 11.3 Å². The normalized spacial score (nSPS) is 10.9. The molecule has 3 aromatic rings. The van der Waals surface area contributed by atoms with Crippen molar-refractivity contribution in [1.82, 2.24) is 0 Å². The highest BCUT2D eigenvalue weighted by Crippen LogP contribution is 2.47. The second-order valence-corrected chi connectivity index (χ2v) is 9.61. The fourth-order valence-electron chi connectivity index (χ4n) is 1.55. The van der Waals surface area contributed by atoms with Crippen LogP contribution in [0.25, 0.3) is 0 Å². The van der Waals surface area contributed by atoms with Crippen LogP contribution < -0.4 is 0 Å². The monoisotopic (exact) mass is 462 g/mol. The molecular weight excluding hydrogens is 456 g/mol. The molecule has 0 amide bonds. The van der Waals surface area contributed by atoms with E-state index >= 15 is 0 Å². The van der Waals surface area contributed by atoms with Crippen molar-refractivity contribution in [2.45, 2.75) is 18.9 Å². The first-order chi connectivity index (χ1) is 9.74. The van der Waals surface area contributed by atoms with Crippen LogP contribution in [0.2, 0.25) is 0 Å². The van der Waals surface area contributed by atoms with E-state index in [1.165, 1.54) is 18.9 Å². The van der Waals surface area contributed by atoms with Gasteiger partial charge in [-0.05, 0) is 66.9 Å². The molecule has 2 aromatic heterocycles. The Morgan fingerprint density at radius 2 is 1.60 bits per heavy atom. The first kappa shape index (κ1) is 15.2. The van der Waals surface area contributed by atoms with Crippen LogP contribution in [-0.4, -0.2) is 0 Å². The van der Waals surface area contributed by atoms with Crippen LogP contribution in [0.3, 0.4) is 0 Å². The van der Waals surface area contributed by atoms with Crippen molar-refractivity contribution in [2.75, 3.05) is 0 Å². The molecule has 1 aromatic carbocycles. The molecule has 0 radical (unpaired) electrons. The molecule has 0 saturated heterocycles. The highest BCUT2D eigenvalue weighted by atomic mass is 79.9. The van der Waals surface area contributed by atoms with Crippen molar-refractivity contribution >= 4 is 78.1 Å². The van der Waals surface area contributed by atoms with Crippen LogP contribution >= 0.6 is 78.1 Å². The zero-order valence-corrected chi connectivity index (χ0v) is 16.4. The van der Waals surface area contributed by atoms with Crippen molar-refractivity contribution < 1.29 is 0 Å². The second kappa shape index (κ2) is 7.03. The molecule has 0 unspecified atom stereocenters. The summed E-state index contributed by atoms with van der Waals surface area (Å²) in [5, 5.41) is 6.40. The fourth-order valence-corrected chi connectivity index (χ4v) is 6.69. The van der Waals surface area contributed by atoms with E-state index in [0.717, 1.165) is 8.95 Å². The lowest BCUT2D eigenvalue weighted by atomic mass is 10.4. The lowest BCUT2D eigenvalue weighted by molar-refractivity contribution is 1.18. The quantitative estimate of drug-likeness (QED) is 0.389. The van der Waals surface area contributed by atoms with Crippen molar-refractivity contribution in [3.05, 3.63) is 55.4 Å². The molecule has 0 fully saturated rings. The summed E-state index contributed by atoms with van der Waals surface area (Å²) in [4.78, 5) is 3.80. The molecule has 0 saturated carbocycles. The third-order valence-corrected chi connectivity index (χ3v) is 8.52. The predicted octanol–water partition coefficient (Wildman–Crippen LogP) is 7.64. The van der Waals surface area contributed by atoms with Crippen molar-refractivity contribution in [3.8, 4) is 0 Å². The predicted molar refractivity (Wildman–Crippen MR) is 98.7 cm³/mol. The Morgan fingerprint density at radius 1 is 0.850 bits per heavy atom. The summed E-state index contributed by atoms with van der Waals surface area (Å²) in [5.41, 5.74) is 0. The smallest absolute Gasteiger partial charge is 0.0647 e. The second-order valence-electron chi connectivity index (χ2n) is 3.78. The molecular formula is C14H8Br2S4. The first-order valence-corrected chi connectivity index (χ1v) is 10.7. The van der Waals surface area contributed by atoms with Crippen molar-refractivity contribution in [3.63, 3.8) is 0 Å². The van der Waals surface area contributed by atoms with Gasteiger partial charge >= 0.3 is 0 Å². The average Bonchev–Trinajstić information content (AvgIpc) is 3.11. The topological polar surface area (TPSA) is 0 Å². The van der Waals surface area contributed by atoms with E-state index in [1.54, 1.807) is 34.4 Å². The summed E-state index contributed by atoms with van der Waals surface area (Å²) < 4.78 is 3.57. The van der Waals surface area contributed by atoms with Gasteiger partial charge in [-0.1, -0.05) is 29.6 Å². The Labute approximate surface area is 151 Å². The Kier molecular flexibility index (Phi) is 5.34. The molecule has 0 N–H and O–H groups in total. The summed E-state index contributed by atoms with van der Waals surface area (Å²) in [6.07, 6.45) is 0. The Balaban J connectivity index is 2.00. The van der Waals surface area contributed by atoms with E-state index in [0.29, 0.717) is 0 Å². The summed E-state index contributed by atoms with van der Waals surface area (Å²) in [6.45, 7) is 0. The van der Waals surface area contributed by atoms with Gasteiger partial charge in [0.25, 0.3) is 0 Å². The molecule has 0 aliphatic heterocycles.